The Hall–Kier alpha value is -2.00. The third-order valence-corrected chi connectivity index (χ3v) is 4.05. The number of carbonyl (C=O) groups excluding carboxylic acids is 2. The van der Waals surface area contributed by atoms with Gasteiger partial charge in [-0.1, -0.05) is 6.07 Å². The fourth-order valence-electron chi connectivity index (χ4n) is 1.62. The van der Waals surface area contributed by atoms with Crippen molar-refractivity contribution >= 4 is 46.3 Å². The summed E-state index contributed by atoms with van der Waals surface area (Å²) in [6.07, 6.45) is 0.276. The van der Waals surface area contributed by atoms with E-state index in [0.29, 0.717) is 0 Å². The molecule has 1 aromatic rings. The Morgan fingerprint density at radius 2 is 2.13 bits per heavy atom. The summed E-state index contributed by atoms with van der Waals surface area (Å²) >= 11 is 6.66. The molecule has 126 valence electrons. The fraction of sp³-hybridized carbons (Fsp3) is 0.429. The molecule has 0 radical (unpaired) electrons. The number of hydrogen-bond acceptors (Lipinski definition) is 7. The molecule has 0 aliphatic carbocycles. The van der Waals surface area contributed by atoms with Crippen molar-refractivity contribution < 1.29 is 19.1 Å². The van der Waals surface area contributed by atoms with Crippen molar-refractivity contribution in [2.45, 2.75) is 25.8 Å². The average Bonchev–Trinajstić information content (AvgIpc) is 3.09. The highest BCUT2D eigenvalue weighted by Crippen LogP contribution is 2.09. The Labute approximate surface area is 144 Å². The van der Waals surface area contributed by atoms with E-state index < -0.39 is 18.0 Å². The zero-order valence-corrected chi connectivity index (χ0v) is 14.8. The number of thiocarbonyl (C=S) groups is 1. The lowest BCUT2D eigenvalue weighted by molar-refractivity contribution is -0.144. The number of nitrogens with one attached hydrogen (secondary N) is 2. The molecule has 0 spiro atoms. The summed E-state index contributed by atoms with van der Waals surface area (Å²) in [6.45, 7) is 1.84. The summed E-state index contributed by atoms with van der Waals surface area (Å²) in [5, 5.41) is 9.05. The van der Waals surface area contributed by atoms with Gasteiger partial charge in [-0.05, 0) is 37.0 Å². The van der Waals surface area contributed by atoms with E-state index in [1.165, 1.54) is 14.2 Å². The number of carbonyl (C=O) groups is 2. The van der Waals surface area contributed by atoms with E-state index >= 15 is 0 Å². The Morgan fingerprint density at radius 1 is 1.39 bits per heavy atom. The van der Waals surface area contributed by atoms with Crippen LogP contribution in [-0.2, 0) is 19.1 Å². The van der Waals surface area contributed by atoms with Crippen LogP contribution in [0.5, 0.6) is 0 Å². The van der Waals surface area contributed by atoms with Gasteiger partial charge in [0.25, 0.3) is 0 Å². The van der Waals surface area contributed by atoms with Gasteiger partial charge in [0.15, 0.2) is 5.11 Å². The maximum absolute atomic E-state index is 11.7. The van der Waals surface area contributed by atoms with Gasteiger partial charge in [-0.3, -0.25) is 10.2 Å². The van der Waals surface area contributed by atoms with E-state index in [2.05, 4.69) is 25.3 Å². The van der Waals surface area contributed by atoms with E-state index in [4.69, 9.17) is 12.2 Å². The van der Waals surface area contributed by atoms with Crippen LogP contribution in [-0.4, -0.2) is 43.0 Å². The molecule has 0 bridgehead atoms. The second kappa shape index (κ2) is 9.90. The minimum atomic E-state index is -0.753. The molecule has 0 saturated carbocycles. The number of esters is 2. The van der Waals surface area contributed by atoms with Gasteiger partial charge in [0.05, 0.1) is 19.9 Å². The molecule has 0 aliphatic heterocycles. The predicted octanol–water partition coefficient (Wildman–Crippen LogP) is 1.43. The van der Waals surface area contributed by atoms with Gasteiger partial charge in [-0.15, -0.1) is 11.3 Å². The summed E-state index contributed by atoms with van der Waals surface area (Å²) in [5.41, 5.74) is 3.44. The van der Waals surface area contributed by atoms with Crippen LogP contribution >= 0.6 is 23.6 Å². The Kier molecular flexibility index (Phi) is 8.20. The molecule has 7 nitrogen and oxygen atoms in total. The molecule has 2 N–H and O–H groups in total. The highest BCUT2D eigenvalue weighted by Gasteiger charge is 2.21. The van der Waals surface area contributed by atoms with Crippen LogP contribution in [0.4, 0.5) is 0 Å². The zero-order chi connectivity index (χ0) is 17.2. The van der Waals surface area contributed by atoms with Gasteiger partial charge in [0.2, 0.25) is 0 Å². The van der Waals surface area contributed by atoms with E-state index in [9.17, 15) is 9.59 Å². The first-order chi connectivity index (χ1) is 11.0. The summed E-state index contributed by atoms with van der Waals surface area (Å²) in [4.78, 5) is 23.9. The molecule has 1 heterocycles. The highest BCUT2D eigenvalue weighted by atomic mass is 32.1. The second-order valence-corrected chi connectivity index (χ2v) is 5.81. The van der Waals surface area contributed by atoms with Crippen LogP contribution in [0.2, 0.25) is 0 Å². The quantitative estimate of drug-likeness (QED) is 0.330. The molecule has 1 atom stereocenters. The highest BCUT2D eigenvalue weighted by molar-refractivity contribution is 7.80. The van der Waals surface area contributed by atoms with Crippen molar-refractivity contribution in [2.24, 2.45) is 5.10 Å². The number of thiophene rings is 1. The van der Waals surface area contributed by atoms with Crippen LogP contribution in [0, 0.1) is 0 Å². The van der Waals surface area contributed by atoms with Gasteiger partial charge < -0.3 is 14.8 Å². The standard InChI is InChI=1S/C14H19N3O4S2/c1-9(11-5-4-8-23-11)16-17-14(22)15-10(13(19)21-3)6-7-12(18)20-2/h4-5,8,10H,6-7H2,1-3H3,(H2,15,17,22)/b16-9+. The van der Waals surface area contributed by atoms with Crippen LogP contribution in [0.3, 0.4) is 0 Å². The normalized spacial score (nSPS) is 12.2. The van der Waals surface area contributed by atoms with Crippen LogP contribution in [0.1, 0.15) is 24.6 Å². The topological polar surface area (TPSA) is 89.0 Å². The van der Waals surface area contributed by atoms with E-state index in [1.54, 1.807) is 11.3 Å². The number of rotatable bonds is 7. The largest absolute Gasteiger partial charge is 0.469 e. The van der Waals surface area contributed by atoms with E-state index in [-0.39, 0.29) is 18.0 Å². The predicted molar refractivity (Wildman–Crippen MR) is 92.5 cm³/mol. The monoisotopic (exact) mass is 357 g/mol. The zero-order valence-electron chi connectivity index (χ0n) is 13.1. The van der Waals surface area contributed by atoms with Crippen LogP contribution < -0.4 is 10.7 Å². The third-order valence-electron chi connectivity index (χ3n) is 2.86. The first-order valence-corrected chi connectivity index (χ1v) is 8.06. The Bertz CT molecular complexity index is 573. The fourth-order valence-corrected chi connectivity index (χ4v) is 2.49. The van der Waals surface area contributed by atoms with Crippen molar-refractivity contribution in [3.8, 4) is 0 Å². The van der Waals surface area contributed by atoms with Gasteiger partial charge in [0.1, 0.15) is 6.04 Å². The first kappa shape index (κ1) is 19.0. The maximum atomic E-state index is 11.7. The molecule has 1 unspecified atom stereocenters. The molecule has 23 heavy (non-hydrogen) atoms. The lowest BCUT2D eigenvalue weighted by Gasteiger charge is -2.17. The van der Waals surface area contributed by atoms with Gasteiger partial charge >= 0.3 is 11.9 Å². The van der Waals surface area contributed by atoms with Crippen LogP contribution in [0.15, 0.2) is 22.6 Å². The third kappa shape index (κ3) is 6.74. The summed E-state index contributed by atoms with van der Waals surface area (Å²) < 4.78 is 9.24. The molecule has 0 aliphatic rings. The number of methoxy groups -OCH3 is 2. The van der Waals surface area contributed by atoms with E-state index in [1.807, 2.05) is 24.4 Å². The molecular weight excluding hydrogens is 338 g/mol. The van der Waals surface area contributed by atoms with Crippen molar-refractivity contribution in [3.63, 3.8) is 0 Å². The van der Waals surface area contributed by atoms with Gasteiger partial charge in [-0.25, -0.2) is 4.79 Å². The van der Waals surface area contributed by atoms with Crippen molar-refractivity contribution in [3.05, 3.63) is 22.4 Å². The summed E-state index contributed by atoms with van der Waals surface area (Å²) in [7, 11) is 2.56. The lowest BCUT2D eigenvalue weighted by atomic mass is 10.1. The smallest absolute Gasteiger partial charge is 0.328 e. The Morgan fingerprint density at radius 3 is 2.70 bits per heavy atom. The average molecular weight is 357 g/mol. The summed E-state index contributed by atoms with van der Waals surface area (Å²) in [5.74, 6) is -0.928. The van der Waals surface area contributed by atoms with Crippen molar-refractivity contribution in [1.29, 1.82) is 0 Å². The van der Waals surface area contributed by atoms with E-state index in [0.717, 1.165) is 10.6 Å². The molecule has 1 rings (SSSR count). The molecule has 9 heteroatoms. The molecular formula is C14H19N3O4S2. The minimum Gasteiger partial charge on any atom is -0.469 e. The minimum absolute atomic E-state index is 0.0728. The molecule has 1 aromatic heterocycles. The lowest BCUT2D eigenvalue weighted by Crippen LogP contribution is -2.45. The van der Waals surface area contributed by atoms with Crippen LogP contribution in [0.25, 0.3) is 0 Å². The molecule has 0 amide bonds. The maximum Gasteiger partial charge on any atom is 0.328 e. The van der Waals surface area contributed by atoms with Gasteiger partial charge in [0, 0.05) is 11.3 Å². The molecule has 0 fully saturated rings. The number of hydrazone groups is 1. The van der Waals surface area contributed by atoms with Crippen molar-refractivity contribution in [1.82, 2.24) is 10.7 Å². The molecule has 0 saturated heterocycles. The SMILES string of the molecule is COC(=O)CCC(NC(=S)N/N=C(\C)c1cccs1)C(=O)OC. The first-order valence-electron chi connectivity index (χ1n) is 6.77. The summed E-state index contributed by atoms with van der Waals surface area (Å²) in [6, 6.07) is 3.11. The van der Waals surface area contributed by atoms with Gasteiger partial charge in [-0.2, -0.15) is 5.10 Å². The Balaban J connectivity index is 2.57. The second-order valence-electron chi connectivity index (χ2n) is 4.45. The molecule has 0 aromatic carbocycles. The number of hydrogen-bond donors (Lipinski definition) is 2. The van der Waals surface area contributed by atoms with Crippen molar-refractivity contribution in [2.75, 3.05) is 14.2 Å². The number of ether oxygens (including phenoxy) is 2. The number of nitrogens with zero attached hydrogens (tertiary/aromatic N) is 1.